The van der Waals surface area contributed by atoms with Gasteiger partial charge in [0.1, 0.15) is 0 Å². The molecule has 0 aromatic carbocycles. The maximum atomic E-state index is 10.6. The minimum absolute atomic E-state index is 0.240. The summed E-state index contributed by atoms with van der Waals surface area (Å²) in [5.74, 6) is -5.51. The van der Waals surface area contributed by atoms with Gasteiger partial charge in [-0.1, -0.05) is 6.07 Å². The molecule has 0 amide bonds. The lowest BCUT2D eigenvalue weighted by Crippen LogP contribution is -2.43. The van der Waals surface area contributed by atoms with Gasteiger partial charge in [0, 0.05) is 31.5 Å². The molecule has 2 fully saturated rings. The van der Waals surface area contributed by atoms with Gasteiger partial charge in [0.25, 0.3) is 0 Å². The number of pyridine rings is 1. The van der Waals surface area contributed by atoms with Crippen LogP contribution in [0.15, 0.2) is 41.4 Å². The van der Waals surface area contributed by atoms with Crippen molar-refractivity contribution in [2.45, 2.75) is 63.0 Å². The van der Waals surface area contributed by atoms with E-state index in [4.69, 9.17) is 29.3 Å². The van der Waals surface area contributed by atoms with Crippen molar-refractivity contribution in [1.29, 1.82) is 0 Å². The summed E-state index contributed by atoms with van der Waals surface area (Å²) in [6.45, 7) is 3.51. The van der Waals surface area contributed by atoms with Crippen LogP contribution >= 0.6 is 11.3 Å². The monoisotopic (exact) mass is 572 g/mol. The third-order valence-corrected chi connectivity index (χ3v) is 6.23. The predicted molar refractivity (Wildman–Crippen MR) is 122 cm³/mol. The average molecular weight is 573 g/mol. The molecule has 0 spiro atoms. The van der Waals surface area contributed by atoms with Crippen molar-refractivity contribution in [1.82, 2.24) is 9.88 Å². The molecule has 2 aliphatic rings. The molecule has 0 bridgehead atoms. The first-order valence-corrected chi connectivity index (χ1v) is 12.2. The van der Waals surface area contributed by atoms with E-state index in [9.17, 15) is 26.3 Å². The second-order valence-electron chi connectivity index (χ2n) is 8.31. The fourth-order valence-corrected chi connectivity index (χ4v) is 4.47. The molecule has 4 heterocycles. The van der Waals surface area contributed by atoms with Gasteiger partial charge in [-0.3, -0.25) is 9.88 Å². The molecule has 3 atom stereocenters. The van der Waals surface area contributed by atoms with E-state index in [2.05, 4.69) is 26.7 Å². The highest BCUT2D eigenvalue weighted by atomic mass is 32.1. The van der Waals surface area contributed by atoms with Crippen molar-refractivity contribution in [3.05, 3.63) is 52.5 Å². The van der Waals surface area contributed by atoms with E-state index in [1.54, 1.807) is 17.5 Å². The standard InChI is InChI=1S/C19H24N2O2S.2C2HF3O2/c1-2-15(10-20-7-1)12-22-13-17-3-4-18-19(23-17)5-8-21(18)11-16-6-9-24-14-16;2*3-2(4,5)1(6)7/h1-2,6-7,9-10,14,17-19H,3-5,8,11-13H2;2*(H,6,7)/t17-,18-,19-;;/m0../s1. The smallest absolute Gasteiger partial charge is 0.475 e. The lowest BCUT2D eigenvalue weighted by Gasteiger charge is -2.36. The van der Waals surface area contributed by atoms with Crippen LogP contribution in [-0.4, -0.2) is 75.8 Å². The third-order valence-electron chi connectivity index (χ3n) is 5.50. The lowest BCUT2D eigenvalue weighted by molar-refractivity contribution is -0.193. The molecule has 2 aromatic rings. The van der Waals surface area contributed by atoms with Crippen LogP contribution in [0.2, 0.25) is 0 Å². The fraction of sp³-hybridized carbons (Fsp3) is 0.522. The van der Waals surface area contributed by atoms with Gasteiger partial charge in [-0.2, -0.15) is 37.7 Å². The summed E-state index contributed by atoms with van der Waals surface area (Å²) in [6.07, 6.45) is -2.45. The van der Waals surface area contributed by atoms with Gasteiger partial charge in [-0.05, 0) is 53.3 Å². The molecule has 2 saturated heterocycles. The highest BCUT2D eigenvalue weighted by molar-refractivity contribution is 7.07. The number of nitrogens with zero attached hydrogens (tertiary/aromatic N) is 2. The summed E-state index contributed by atoms with van der Waals surface area (Å²) in [5.41, 5.74) is 2.55. The van der Waals surface area contributed by atoms with Crippen molar-refractivity contribution in [3.63, 3.8) is 0 Å². The molecule has 212 valence electrons. The molecule has 4 rings (SSSR count). The quantitative estimate of drug-likeness (QED) is 0.478. The van der Waals surface area contributed by atoms with E-state index in [-0.39, 0.29) is 6.10 Å². The molecule has 0 unspecified atom stereocenters. The van der Waals surface area contributed by atoms with Gasteiger partial charge in [0.05, 0.1) is 25.4 Å². The van der Waals surface area contributed by atoms with E-state index >= 15 is 0 Å². The van der Waals surface area contributed by atoms with Crippen LogP contribution < -0.4 is 0 Å². The van der Waals surface area contributed by atoms with E-state index in [0.29, 0.717) is 25.4 Å². The SMILES string of the molecule is O=C(O)C(F)(F)F.O=C(O)C(F)(F)F.c1cncc(COC[C@@H]2CC[C@H]3[C@H](CCN3Cc3ccsc3)O2)c1. The lowest BCUT2D eigenvalue weighted by atomic mass is 9.99. The van der Waals surface area contributed by atoms with Gasteiger partial charge < -0.3 is 19.7 Å². The van der Waals surface area contributed by atoms with E-state index in [1.165, 1.54) is 12.0 Å². The first kappa shape index (κ1) is 31.5. The number of ether oxygens (including phenoxy) is 2. The molecule has 0 aliphatic carbocycles. The Kier molecular flexibility index (Phi) is 11.9. The Morgan fingerprint density at radius 3 is 2.24 bits per heavy atom. The molecule has 38 heavy (non-hydrogen) atoms. The first-order chi connectivity index (χ1) is 17.8. The van der Waals surface area contributed by atoms with E-state index < -0.39 is 24.3 Å². The zero-order chi connectivity index (χ0) is 28.3. The number of hydrogen-bond donors (Lipinski definition) is 2. The molecule has 0 radical (unpaired) electrons. The normalized spacial score (nSPS) is 21.4. The van der Waals surface area contributed by atoms with Gasteiger partial charge in [0.15, 0.2) is 0 Å². The second kappa shape index (κ2) is 14.4. The Bertz CT molecular complexity index is 967. The molecular weight excluding hydrogens is 546 g/mol. The van der Waals surface area contributed by atoms with Crippen molar-refractivity contribution < 1.29 is 55.6 Å². The summed E-state index contributed by atoms with van der Waals surface area (Å²) in [5, 5.41) is 18.7. The Labute approximate surface area is 217 Å². The van der Waals surface area contributed by atoms with Gasteiger partial charge >= 0.3 is 24.3 Å². The minimum Gasteiger partial charge on any atom is -0.475 e. The van der Waals surface area contributed by atoms with Crippen LogP contribution in [0.1, 0.15) is 30.4 Å². The minimum atomic E-state index is -5.08. The molecular formula is C23H26F6N2O6S. The number of halogens is 6. The van der Waals surface area contributed by atoms with E-state index in [0.717, 1.165) is 31.5 Å². The summed E-state index contributed by atoms with van der Waals surface area (Å²) < 4.78 is 75.6. The van der Waals surface area contributed by atoms with Crippen LogP contribution in [0.3, 0.4) is 0 Å². The highest BCUT2D eigenvalue weighted by Crippen LogP contribution is 2.32. The van der Waals surface area contributed by atoms with Crippen LogP contribution in [0, 0.1) is 0 Å². The highest BCUT2D eigenvalue weighted by Gasteiger charge is 2.40. The molecule has 2 N–H and O–H groups in total. The van der Waals surface area contributed by atoms with Crippen molar-refractivity contribution in [2.24, 2.45) is 0 Å². The van der Waals surface area contributed by atoms with Gasteiger partial charge in [0.2, 0.25) is 0 Å². The third kappa shape index (κ3) is 10.9. The summed E-state index contributed by atoms with van der Waals surface area (Å²) >= 11 is 1.78. The second-order valence-corrected chi connectivity index (χ2v) is 9.09. The average Bonchev–Trinajstić information content (AvgIpc) is 3.50. The van der Waals surface area contributed by atoms with Crippen LogP contribution in [-0.2, 0) is 32.2 Å². The number of carboxylic acids is 2. The predicted octanol–water partition coefficient (Wildman–Crippen LogP) is 4.75. The molecule has 0 saturated carbocycles. The van der Waals surface area contributed by atoms with Crippen molar-refractivity contribution in [2.75, 3.05) is 13.2 Å². The Morgan fingerprint density at radius 2 is 1.71 bits per heavy atom. The molecule has 15 heteroatoms. The summed E-state index contributed by atoms with van der Waals surface area (Å²) in [4.78, 5) is 24.5. The zero-order valence-electron chi connectivity index (χ0n) is 19.8. The van der Waals surface area contributed by atoms with Crippen LogP contribution in [0.5, 0.6) is 0 Å². The number of likely N-dealkylation sites (tertiary alicyclic amines) is 1. The van der Waals surface area contributed by atoms with Crippen LogP contribution in [0.4, 0.5) is 26.3 Å². The van der Waals surface area contributed by atoms with E-state index in [1.807, 2.05) is 18.3 Å². The zero-order valence-corrected chi connectivity index (χ0v) is 20.6. The van der Waals surface area contributed by atoms with Gasteiger partial charge in [-0.25, -0.2) is 9.59 Å². The maximum Gasteiger partial charge on any atom is 0.490 e. The number of thiophene rings is 1. The Balaban J connectivity index is 0.000000301. The number of alkyl halides is 6. The van der Waals surface area contributed by atoms with Crippen molar-refractivity contribution in [3.8, 4) is 0 Å². The molecule has 8 nitrogen and oxygen atoms in total. The fourth-order valence-electron chi connectivity index (χ4n) is 3.81. The van der Waals surface area contributed by atoms with Gasteiger partial charge in [-0.15, -0.1) is 0 Å². The van der Waals surface area contributed by atoms with Crippen molar-refractivity contribution >= 4 is 23.3 Å². The molecule has 2 aliphatic heterocycles. The summed E-state index contributed by atoms with van der Waals surface area (Å²) in [7, 11) is 0. The number of aliphatic carboxylic acids is 2. The number of rotatable bonds is 6. The van der Waals surface area contributed by atoms with Crippen LogP contribution in [0.25, 0.3) is 0 Å². The number of carboxylic acid groups (broad SMARTS) is 2. The number of hydrogen-bond acceptors (Lipinski definition) is 7. The Hall–Kier alpha value is -2.75. The molecule has 2 aromatic heterocycles. The topological polar surface area (TPSA) is 109 Å². The first-order valence-electron chi connectivity index (χ1n) is 11.2. The Morgan fingerprint density at radius 1 is 1.05 bits per heavy atom. The number of aromatic nitrogens is 1. The number of fused-ring (bicyclic) bond motifs is 1. The summed E-state index contributed by atoms with van der Waals surface area (Å²) in [6, 6.07) is 6.81. The largest absolute Gasteiger partial charge is 0.490 e. The number of carbonyl (C=O) groups is 2. The maximum absolute atomic E-state index is 10.6.